The maximum Gasteiger partial charge on any atom is 0.122 e. The summed E-state index contributed by atoms with van der Waals surface area (Å²) in [6.45, 7) is 5.39. The normalized spacial score (nSPS) is 16.0. The third-order valence-electron chi connectivity index (χ3n) is 3.30. The molecular weight excluding hydrogens is 234 g/mol. The summed E-state index contributed by atoms with van der Waals surface area (Å²) in [5.41, 5.74) is 1.19. The zero-order valence-corrected chi connectivity index (χ0v) is 11.5. The number of halogens is 1. The molecule has 1 aromatic carbocycles. The van der Waals surface area contributed by atoms with Gasteiger partial charge in [-0.2, -0.15) is 0 Å². The van der Waals surface area contributed by atoms with E-state index in [0.717, 1.165) is 23.4 Å². The molecule has 0 aromatic heterocycles. The van der Waals surface area contributed by atoms with Crippen molar-refractivity contribution in [2.24, 2.45) is 0 Å². The molecule has 94 valence electrons. The van der Waals surface area contributed by atoms with Gasteiger partial charge in [-0.05, 0) is 31.0 Å². The molecule has 0 amide bonds. The lowest BCUT2D eigenvalue weighted by atomic mass is 9.84. The highest BCUT2D eigenvalue weighted by molar-refractivity contribution is 6.30. The second kappa shape index (κ2) is 4.87. The molecule has 0 heterocycles. The third-order valence-corrected chi connectivity index (χ3v) is 3.54. The molecule has 2 nitrogen and oxygen atoms in total. The Morgan fingerprint density at radius 2 is 2.12 bits per heavy atom. The number of ether oxygens (including phenoxy) is 1. The van der Waals surface area contributed by atoms with Gasteiger partial charge in [0.25, 0.3) is 0 Å². The van der Waals surface area contributed by atoms with Gasteiger partial charge in [0.15, 0.2) is 0 Å². The van der Waals surface area contributed by atoms with E-state index in [1.165, 1.54) is 18.4 Å². The van der Waals surface area contributed by atoms with Crippen LogP contribution in [-0.4, -0.2) is 19.7 Å². The first-order valence-electron chi connectivity index (χ1n) is 6.10. The molecule has 3 heteroatoms. The van der Waals surface area contributed by atoms with Gasteiger partial charge < -0.3 is 10.1 Å². The van der Waals surface area contributed by atoms with Crippen LogP contribution >= 0.6 is 11.6 Å². The minimum absolute atomic E-state index is 0.0266. The Kier molecular flexibility index (Phi) is 3.64. The van der Waals surface area contributed by atoms with Gasteiger partial charge in [-0.15, -0.1) is 0 Å². The highest BCUT2D eigenvalue weighted by Gasteiger charge is 2.28. The summed E-state index contributed by atoms with van der Waals surface area (Å²) in [6, 6.07) is 6.54. The van der Waals surface area contributed by atoms with Crippen LogP contribution in [0.5, 0.6) is 5.75 Å². The van der Waals surface area contributed by atoms with Crippen molar-refractivity contribution < 1.29 is 4.74 Å². The highest BCUT2D eigenvalue weighted by Crippen LogP contribution is 2.34. The Hall–Kier alpha value is -0.730. The summed E-state index contributed by atoms with van der Waals surface area (Å²) in [5, 5.41) is 4.33. The van der Waals surface area contributed by atoms with Crippen LogP contribution in [0.3, 0.4) is 0 Å². The molecule has 0 unspecified atom stereocenters. The number of nitrogens with one attached hydrogen (secondary N) is 1. The van der Waals surface area contributed by atoms with Crippen molar-refractivity contribution in [3.05, 3.63) is 28.8 Å². The average molecular weight is 254 g/mol. The van der Waals surface area contributed by atoms with Crippen LogP contribution in [0.1, 0.15) is 32.3 Å². The summed E-state index contributed by atoms with van der Waals surface area (Å²) in [5.74, 6) is 0.914. The van der Waals surface area contributed by atoms with Gasteiger partial charge in [0.1, 0.15) is 5.75 Å². The fourth-order valence-electron chi connectivity index (χ4n) is 1.99. The largest absolute Gasteiger partial charge is 0.496 e. The van der Waals surface area contributed by atoms with Crippen molar-refractivity contribution in [1.82, 2.24) is 5.32 Å². The number of methoxy groups -OCH3 is 1. The van der Waals surface area contributed by atoms with Crippen LogP contribution in [0.15, 0.2) is 18.2 Å². The molecule has 0 spiro atoms. The van der Waals surface area contributed by atoms with E-state index in [1.54, 1.807) is 7.11 Å². The molecule has 1 fully saturated rings. The van der Waals surface area contributed by atoms with Crippen molar-refractivity contribution in [1.29, 1.82) is 0 Å². The van der Waals surface area contributed by atoms with Gasteiger partial charge in [0, 0.05) is 28.6 Å². The molecule has 2 rings (SSSR count). The Balaban J connectivity index is 2.19. The SMILES string of the molecule is COc1ccc(Cl)cc1C(C)(C)CNC1CC1. The first kappa shape index (κ1) is 12.7. The summed E-state index contributed by atoms with van der Waals surface area (Å²) in [4.78, 5) is 0. The van der Waals surface area contributed by atoms with Gasteiger partial charge in [-0.25, -0.2) is 0 Å². The molecule has 0 atom stereocenters. The molecule has 17 heavy (non-hydrogen) atoms. The van der Waals surface area contributed by atoms with E-state index in [4.69, 9.17) is 16.3 Å². The van der Waals surface area contributed by atoms with E-state index >= 15 is 0 Å². The van der Waals surface area contributed by atoms with Crippen molar-refractivity contribution >= 4 is 11.6 Å². The van der Waals surface area contributed by atoms with Crippen molar-refractivity contribution in [2.75, 3.05) is 13.7 Å². The molecule has 1 aromatic rings. The molecule has 0 saturated heterocycles. The maximum absolute atomic E-state index is 6.08. The van der Waals surface area contributed by atoms with E-state index in [-0.39, 0.29) is 5.41 Å². The molecule has 1 aliphatic rings. The van der Waals surface area contributed by atoms with Gasteiger partial charge in [0.05, 0.1) is 7.11 Å². The number of benzene rings is 1. The van der Waals surface area contributed by atoms with Crippen molar-refractivity contribution in [2.45, 2.75) is 38.1 Å². The Bertz CT molecular complexity index is 399. The molecule has 0 aliphatic heterocycles. The lowest BCUT2D eigenvalue weighted by molar-refractivity contribution is 0.385. The van der Waals surface area contributed by atoms with Crippen LogP contribution in [-0.2, 0) is 5.41 Å². The first-order chi connectivity index (χ1) is 8.03. The molecule has 1 saturated carbocycles. The third kappa shape index (κ3) is 3.14. The van der Waals surface area contributed by atoms with Crippen LogP contribution in [0.2, 0.25) is 5.02 Å². The Morgan fingerprint density at radius 3 is 2.71 bits per heavy atom. The topological polar surface area (TPSA) is 21.3 Å². The summed E-state index contributed by atoms with van der Waals surface area (Å²) >= 11 is 6.08. The van der Waals surface area contributed by atoms with E-state index in [2.05, 4.69) is 19.2 Å². The molecule has 0 bridgehead atoms. The zero-order chi connectivity index (χ0) is 12.5. The predicted molar refractivity (Wildman–Crippen MR) is 72.1 cm³/mol. The van der Waals surface area contributed by atoms with Crippen LogP contribution < -0.4 is 10.1 Å². The van der Waals surface area contributed by atoms with Crippen LogP contribution in [0.25, 0.3) is 0 Å². The molecule has 0 radical (unpaired) electrons. The summed E-state index contributed by atoms with van der Waals surface area (Å²) < 4.78 is 5.42. The van der Waals surface area contributed by atoms with Gasteiger partial charge in [0.2, 0.25) is 0 Å². The smallest absolute Gasteiger partial charge is 0.122 e. The predicted octanol–water partition coefficient (Wildman–Crippen LogP) is 3.38. The highest BCUT2D eigenvalue weighted by atomic mass is 35.5. The second-order valence-corrected chi connectivity index (χ2v) is 5.82. The number of hydrogen-bond donors (Lipinski definition) is 1. The van der Waals surface area contributed by atoms with E-state index in [9.17, 15) is 0 Å². The minimum atomic E-state index is 0.0266. The summed E-state index contributed by atoms with van der Waals surface area (Å²) in [7, 11) is 1.71. The minimum Gasteiger partial charge on any atom is -0.496 e. The number of hydrogen-bond acceptors (Lipinski definition) is 2. The standard InChI is InChI=1S/C14H20ClNO/c1-14(2,9-16-11-5-6-11)12-8-10(15)4-7-13(12)17-3/h4,7-8,11,16H,5-6,9H2,1-3H3. The van der Waals surface area contributed by atoms with Gasteiger partial charge >= 0.3 is 0 Å². The van der Waals surface area contributed by atoms with Crippen molar-refractivity contribution in [3.63, 3.8) is 0 Å². The molecule has 1 aliphatic carbocycles. The zero-order valence-electron chi connectivity index (χ0n) is 10.7. The lowest BCUT2D eigenvalue weighted by Crippen LogP contribution is -2.34. The summed E-state index contributed by atoms with van der Waals surface area (Å²) in [6.07, 6.45) is 2.62. The Labute approximate surface area is 108 Å². The Morgan fingerprint density at radius 1 is 1.41 bits per heavy atom. The van der Waals surface area contributed by atoms with E-state index < -0.39 is 0 Å². The van der Waals surface area contributed by atoms with Crippen LogP contribution in [0.4, 0.5) is 0 Å². The van der Waals surface area contributed by atoms with Crippen LogP contribution in [0, 0.1) is 0 Å². The molecule has 1 N–H and O–H groups in total. The van der Waals surface area contributed by atoms with Gasteiger partial charge in [-0.3, -0.25) is 0 Å². The monoisotopic (exact) mass is 253 g/mol. The van der Waals surface area contributed by atoms with E-state index in [1.807, 2.05) is 18.2 Å². The maximum atomic E-state index is 6.08. The molecular formula is C14H20ClNO. The fourth-order valence-corrected chi connectivity index (χ4v) is 2.16. The first-order valence-corrected chi connectivity index (χ1v) is 6.48. The lowest BCUT2D eigenvalue weighted by Gasteiger charge is -2.27. The second-order valence-electron chi connectivity index (χ2n) is 5.38. The quantitative estimate of drug-likeness (QED) is 0.869. The van der Waals surface area contributed by atoms with Crippen molar-refractivity contribution in [3.8, 4) is 5.75 Å². The average Bonchev–Trinajstić information content (AvgIpc) is 3.10. The fraction of sp³-hybridized carbons (Fsp3) is 0.571. The van der Waals surface area contributed by atoms with Gasteiger partial charge in [-0.1, -0.05) is 25.4 Å². The number of rotatable bonds is 5. The van der Waals surface area contributed by atoms with E-state index in [0.29, 0.717) is 0 Å².